The minimum absolute atomic E-state index is 0.218. The topological polar surface area (TPSA) is 84.7 Å². The van der Waals surface area contributed by atoms with Crippen LogP contribution in [0.4, 0.5) is 10.5 Å². The zero-order valence-corrected chi connectivity index (χ0v) is 11.3. The lowest BCUT2D eigenvalue weighted by Gasteiger charge is -2.39. The Morgan fingerprint density at radius 2 is 2.10 bits per heavy atom. The summed E-state index contributed by atoms with van der Waals surface area (Å²) in [5.41, 5.74) is 6.36. The zero-order valence-electron chi connectivity index (χ0n) is 11.3. The fourth-order valence-corrected chi connectivity index (χ4v) is 2.66. The molecule has 3 rings (SSSR count). The number of ether oxygens (including phenoxy) is 1. The summed E-state index contributed by atoms with van der Waals surface area (Å²) in [7, 11) is 0. The quantitative estimate of drug-likeness (QED) is 0.828. The van der Waals surface area contributed by atoms with Crippen LogP contribution in [-0.4, -0.2) is 31.2 Å². The van der Waals surface area contributed by atoms with E-state index in [-0.39, 0.29) is 11.9 Å². The highest BCUT2D eigenvalue weighted by atomic mass is 16.5. The van der Waals surface area contributed by atoms with Gasteiger partial charge in [0.2, 0.25) is 5.91 Å². The number of nitrogens with zero attached hydrogens (tertiary/aromatic N) is 1. The Bertz CT molecular complexity index is 557. The lowest BCUT2D eigenvalue weighted by atomic mass is 9.82. The van der Waals surface area contributed by atoms with E-state index < -0.39 is 11.4 Å². The molecule has 2 atom stereocenters. The monoisotopic (exact) mass is 275 g/mol. The van der Waals surface area contributed by atoms with Crippen molar-refractivity contribution in [1.82, 2.24) is 5.32 Å². The second-order valence-electron chi connectivity index (χ2n) is 5.45. The molecule has 2 unspecified atom stereocenters. The Morgan fingerprint density at radius 1 is 1.40 bits per heavy atom. The summed E-state index contributed by atoms with van der Waals surface area (Å²) in [6.45, 7) is 2.96. The van der Waals surface area contributed by atoms with Crippen LogP contribution in [0.5, 0.6) is 0 Å². The van der Waals surface area contributed by atoms with Gasteiger partial charge in [-0.3, -0.25) is 4.79 Å². The first-order valence-electron chi connectivity index (χ1n) is 6.58. The third-order valence-electron chi connectivity index (χ3n) is 4.08. The van der Waals surface area contributed by atoms with Gasteiger partial charge in [0.1, 0.15) is 0 Å². The molecule has 2 aliphatic heterocycles. The van der Waals surface area contributed by atoms with E-state index in [1.54, 1.807) is 12.1 Å². The molecule has 6 heteroatoms. The minimum Gasteiger partial charge on any atom is -0.378 e. The minimum atomic E-state index is -0.694. The lowest BCUT2D eigenvalue weighted by Crippen LogP contribution is -2.64. The Kier molecular flexibility index (Phi) is 2.99. The number of carbonyl (C=O) groups excluding carboxylic acids is 2. The van der Waals surface area contributed by atoms with Gasteiger partial charge in [-0.25, -0.2) is 9.69 Å². The summed E-state index contributed by atoms with van der Waals surface area (Å²) in [5.74, 6) is -0.218. The highest BCUT2D eigenvalue weighted by molar-refractivity contribution is 6.18. The van der Waals surface area contributed by atoms with Crippen LogP contribution in [0.2, 0.25) is 0 Å². The average Bonchev–Trinajstić information content (AvgIpc) is 2.82. The van der Waals surface area contributed by atoms with Crippen LogP contribution in [0.3, 0.4) is 0 Å². The normalized spacial score (nSPS) is 29.3. The van der Waals surface area contributed by atoms with Gasteiger partial charge in [0, 0.05) is 6.54 Å². The van der Waals surface area contributed by atoms with Gasteiger partial charge < -0.3 is 15.8 Å². The van der Waals surface area contributed by atoms with Crippen molar-refractivity contribution in [1.29, 1.82) is 0 Å². The molecule has 6 nitrogen and oxygen atoms in total. The summed E-state index contributed by atoms with van der Waals surface area (Å²) in [5, 5.41) is 2.84. The zero-order chi connectivity index (χ0) is 14.3. The van der Waals surface area contributed by atoms with Gasteiger partial charge in [-0.1, -0.05) is 12.1 Å². The molecule has 0 spiro atoms. The number of hydrogen-bond donors (Lipinski definition) is 2. The number of fused-ring (bicyclic) bond motifs is 1. The van der Waals surface area contributed by atoms with Crippen molar-refractivity contribution in [3.8, 4) is 0 Å². The van der Waals surface area contributed by atoms with Crippen molar-refractivity contribution in [2.24, 2.45) is 11.1 Å². The molecule has 106 valence electrons. The lowest BCUT2D eigenvalue weighted by molar-refractivity contribution is -0.128. The largest absolute Gasteiger partial charge is 0.378 e. The van der Waals surface area contributed by atoms with Crippen LogP contribution in [0.25, 0.3) is 0 Å². The van der Waals surface area contributed by atoms with E-state index in [9.17, 15) is 9.59 Å². The third kappa shape index (κ3) is 1.80. The SMILES string of the molecule is CC12COCC1NC(=O)N(c1ccc(CN)cc1)C2=O. The number of imide groups is 1. The molecule has 1 aromatic carbocycles. The van der Waals surface area contributed by atoms with E-state index in [0.717, 1.165) is 5.56 Å². The summed E-state index contributed by atoms with van der Waals surface area (Å²) < 4.78 is 5.36. The predicted molar refractivity (Wildman–Crippen MR) is 73.1 cm³/mol. The highest BCUT2D eigenvalue weighted by Crippen LogP contribution is 2.35. The molecule has 2 saturated heterocycles. The Hall–Kier alpha value is -1.92. The highest BCUT2D eigenvalue weighted by Gasteiger charge is 2.54. The van der Waals surface area contributed by atoms with Crippen molar-refractivity contribution < 1.29 is 14.3 Å². The van der Waals surface area contributed by atoms with Crippen LogP contribution in [0.15, 0.2) is 24.3 Å². The number of nitrogens with two attached hydrogens (primary N) is 1. The maximum absolute atomic E-state index is 12.7. The number of urea groups is 1. The van der Waals surface area contributed by atoms with Crippen molar-refractivity contribution >= 4 is 17.6 Å². The van der Waals surface area contributed by atoms with E-state index in [1.165, 1.54) is 4.90 Å². The number of rotatable bonds is 2. The van der Waals surface area contributed by atoms with Crippen LogP contribution in [-0.2, 0) is 16.1 Å². The molecule has 0 aromatic heterocycles. The van der Waals surface area contributed by atoms with Gasteiger partial charge in [-0.15, -0.1) is 0 Å². The Labute approximate surface area is 116 Å². The summed E-state index contributed by atoms with van der Waals surface area (Å²) in [6.07, 6.45) is 0. The standard InChI is InChI=1S/C14H17N3O3/c1-14-8-20-7-11(14)16-13(19)17(12(14)18)10-4-2-9(6-15)3-5-10/h2-5,11H,6-8,15H2,1H3,(H,16,19). The van der Waals surface area contributed by atoms with Crippen molar-refractivity contribution in [2.75, 3.05) is 18.1 Å². The number of carbonyl (C=O) groups is 2. The number of benzene rings is 1. The fourth-order valence-electron chi connectivity index (χ4n) is 2.66. The van der Waals surface area contributed by atoms with E-state index in [1.807, 2.05) is 19.1 Å². The Morgan fingerprint density at radius 3 is 2.75 bits per heavy atom. The first-order chi connectivity index (χ1) is 9.56. The van der Waals surface area contributed by atoms with Gasteiger partial charge in [0.25, 0.3) is 0 Å². The molecule has 0 bridgehead atoms. The molecule has 1 aromatic rings. The van der Waals surface area contributed by atoms with E-state index >= 15 is 0 Å². The first-order valence-corrected chi connectivity index (χ1v) is 6.58. The molecule has 2 heterocycles. The van der Waals surface area contributed by atoms with Crippen LogP contribution >= 0.6 is 0 Å². The van der Waals surface area contributed by atoms with E-state index in [0.29, 0.717) is 25.4 Å². The van der Waals surface area contributed by atoms with Gasteiger partial charge in [0.05, 0.1) is 30.4 Å². The van der Waals surface area contributed by atoms with Gasteiger partial charge in [-0.05, 0) is 24.6 Å². The number of hydrogen-bond acceptors (Lipinski definition) is 4. The maximum Gasteiger partial charge on any atom is 0.329 e. The third-order valence-corrected chi connectivity index (χ3v) is 4.08. The van der Waals surface area contributed by atoms with Crippen molar-refractivity contribution in [2.45, 2.75) is 19.5 Å². The molecule has 0 radical (unpaired) electrons. The summed E-state index contributed by atoms with van der Waals surface area (Å²) >= 11 is 0. The predicted octanol–water partition coefficient (Wildman–Crippen LogP) is 0.607. The average molecular weight is 275 g/mol. The molecule has 3 N–H and O–H groups in total. The van der Waals surface area contributed by atoms with E-state index in [4.69, 9.17) is 10.5 Å². The maximum atomic E-state index is 12.7. The van der Waals surface area contributed by atoms with Gasteiger partial charge in [-0.2, -0.15) is 0 Å². The van der Waals surface area contributed by atoms with Crippen LogP contribution in [0.1, 0.15) is 12.5 Å². The van der Waals surface area contributed by atoms with Gasteiger partial charge in [0.15, 0.2) is 0 Å². The fraction of sp³-hybridized carbons (Fsp3) is 0.429. The Balaban J connectivity index is 1.95. The molecule has 0 saturated carbocycles. The molecular weight excluding hydrogens is 258 g/mol. The summed E-state index contributed by atoms with van der Waals surface area (Å²) in [4.78, 5) is 26.0. The molecule has 20 heavy (non-hydrogen) atoms. The van der Waals surface area contributed by atoms with Gasteiger partial charge >= 0.3 is 6.03 Å². The van der Waals surface area contributed by atoms with Crippen LogP contribution in [0, 0.1) is 5.41 Å². The number of nitrogens with one attached hydrogen (secondary N) is 1. The number of amides is 3. The van der Waals surface area contributed by atoms with Crippen LogP contribution < -0.4 is 16.0 Å². The van der Waals surface area contributed by atoms with Crippen molar-refractivity contribution in [3.63, 3.8) is 0 Å². The molecule has 0 aliphatic carbocycles. The summed E-state index contributed by atoms with van der Waals surface area (Å²) in [6, 6.07) is 6.45. The second kappa shape index (κ2) is 4.57. The molecule has 2 aliphatic rings. The second-order valence-corrected chi connectivity index (χ2v) is 5.45. The van der Waals surface area contributed by atoms with Crippen molar-refractivity contribution in [3.05, 3.63) is 29.8 Å². The molecule has 3 amide bonds. The smallest absolute Gasteiger partial charge is 0.329 e. The molecular formula is C14H17N3O3. The molecule has 2 fully saturated rings. The first kappa shape index (κ1) is 13.1. The van der Waals surface area contributed by atoms with E-state index in [2.05, 4.69) is 5.32 Å². The number of anilines is 1.